The minimum Gasteiger partial charge on any atom is -0.479 e. The molecule has 0 spiro atoms. The fourth-order valence-corrected chi connectivity index (χ4v) is 4.88. The molecule has 2 heterocycles. The molecule has 1 fully saturated rings. The summed E-state index contributed by atoms with van der Waals surface area (Å²) in [5, 5.41) is 2.59. The van der Waals surface area contributed by atoms with Crippen molar-refractivity contribution in [3.05, 3.63) is 23.3 Å². The number of hydrogen-bond donors (Lipinski definition) is 1. The van der Waals surface area contributed by atoms with Crippen LogP contribution in [0, 0.1) is 0 Å². The van der Waals surface area contributed by atoms with Crippen LogP contribution in [-0.2, 0) is 20.7 Å². The molecule has 0 unspecified atom stereocenters. The number of rotatable bonds is 8. The fourth-order valence-electron chi connectivity index (χ4n) is 4.88. The van der Waals surface area contributed by atoms with Gasteiger partial charge in [-0.25, -0.2) is 4.79 Å². The SMILES string of the molecule is CCc1cc2c(cc1C(=O)N(CC)[C@@H]1CCCN(C(=O)OC(C)(C)C)C1)N(CCNC=O)C(=O)[C@@H](C)O2. The van der Waals surface area contributed by atoms with Gasteiger partial charge in [-0.1, -0.05) is 6.92 Å². The fraction of sp³-hybridized carbons (Fsp3) is 0.630. The van der Waals surface area contributed by atoms with E-state index in [9.17, 15) is 19.2 Å². The topological polar surface area (TPSA) is 108 Å². The van der Waals surface area contributed by atoms with E-state index >= 15 is 0 Å². The average molecular weight is 517 g/mol. The van der Waals surface area contributed by atoms with E-state index < -0.39 is 11.7 Å². The van der Waals surface area contributed by atoms with Gasteiger partial charge in [-0.05, 0) is 71.6 Å². The van der Waals surface area contributed by atoms with Gasteiger partial charge in [0, 0.05) is 44.3 Å². The summed E-state index contributed by atoms with van der Waals surface area (Å²) in [5.74, 6) is 0.175. The van der Waals surface area contributed by atoms with Crippen molar-refractivity contribution in [1.29, 1.82) is 0 Å². The van der Waals surface area contributed by atoms with Gasteiger partial charge in [0.25, 0.3) is 11.8 Å². The molecular weight excluding hydrogens is 476 g/mol. The Morgan fingerprint density at radius 2 is 2.00 bits per heavy atom. The zero-order valence-electron chi connectivity index (χ0n) is 22.8. The number of ether oxygens (including phenoxy) is 2. The Kier molecular flexibility index (Phi) is 9.04. The summed E-state index contributed by atoms with van der Waals surface area (Å²) in [6.07, 6.45) is 1.73. The highest BCUT2D eigenvalue weighted by molar-refractivity contribution is 6.03. The predicted molar refractivity (Wildman–Crippen MR) is 140 cm³/mol. The molecule has 10 heteroatoms. The maximum atomic E-state index is 13.9. The first-order valence-corrected chi connectivity index (χ1v) is 13.1. The number of carbonyl (C=O) groups excluding carboxylic acids is 4. The van der Waals surface area contributed by atoms with Gasteiger partial charge in [0.2, 0.25) is 6.41 Å². The average Bonchev–Trinajstić information content (AvgIpc) is 2.85. The standard InChI is InChI=1S/C27H40N4O6/c1-7-19-14-23-22(31(13-11-28-17-32)24(33)18(3)36-23)15-21(19)25(34)30(8-2)20-10-9-12-29(16-20)26(35)37-27(4,5)6/h14-15,17-18,20H,7-13,16H2,1-6H3,(H,28,32)/t18-,20-/m1/s1. The summed E-state index contributed by atoms with van der Waals surface area (Å²) in [5.41, 5.74) is 1.27. The molecule has 37 heavy (non-hydrogen) atoms. The normalized spacial score (nSPS) is 19.6. The van der Waals surface area contributed by atoms with Crippen molar-refractivity contribution < 1.29 is 28.7 Å². The number of likely N-dealkylation sites (N-methyl/N-ethyl adjacent to an activating group) is 1. The lowest BCUT2D eigenvalue weighted by molar-refractivity contribution is -0.125. The second-order valence-electron chi connectivity index (χ2n) is 10.5. The molecule has 0 bridgehead atoms. The van der Waals surface area contributed by atoms with Gasteiger partial charge >= 0.3 is 6.09 Å². The molecule has 2 aliphatic rings. The molecule has 0 saturated carbocycles. The minimum absolute atomic E-state index is 0.143. The van der Waals surface area contributed by atoms with Gasteiger partial charge < -0.3 is 29.5 Å². The summed E-state index contributed by atoms with van der Waals surface area (Å²) in [7, 11) is 0. The van der Waals surface area contributed by atoms with Crippen molar-refractivity contribution >= 4 is 30.0 Å². The Hall–Kier alpha value is -3.30. The molecule has 1 saturated heterocycles. The summed E-state index contributed by atoms with van der Waals surface area (Å²) in [6.45, 7) is 13.1. The van der Waals surface area contributed by atoms with Crippen LogP contribution >= 0.6 is 0 Å². The number of aryl methyl sites for hydroxylation is 1. The molecule has 2 aliphatic heterocycles. The van der Waals surface area contributed by atoms with Crippen LogP contribution in [0.2, 0.25) is 0 Å². The van der Waals surface area contributed by atoms with Crippen LogP contribution in [-0.4, -0.2) is 84.6 Å². The van der Waals surface area contributed by atoms with Crippen LogP contribution in [0.15, 0.2) is 12.1 Å². The number of anilines is 1. The number of hydrogen-bond acceptors (Lipinski definition) is 6. The van der Waals surface area contributed by atoms with Crippen LogP contribution in [0.5, 0.6) is 5.75 Å². The highest BCUT2D eigenvalue weighted by Gasteiger charge is 2.36. The molecule has 3 rings (SSSR count). The third kappa shape index (κ3) is 6.53. The summed E-state index contributed by atoms with van der Waals surface area (Å²) in [4.78, 5) is 55.3. The van der Waals surface area contributed by atoms with Gasteiger partial charge in [0.15, 0.2) is 6.10 Å². The number of amides is 4. The van der Waals surface area contributed by atoms with Crippen molar-refractivity contribution in [1.82, 2.24) is 15.1 Å². The van der Waals surface area contributed by atoms with Gasteiger partial charge in [-0.3, -0.25) is 14.4 Å². The number of nitrogens with zero attached hydrogens (tertiary/aromatic N) is 3. The Balaban J connectivity index is 1.90. The number of fused-ring (bicyclic) bond motifs is 1. The highest BCUT2D eigenvalue weighted by atomic mass is 16.6. The van der Waals surface area contributed by atoms with E-state index in [0.717, 1.165) is 18.4 Å². The van der Waals surface area contributed by atoms with Crippen LogP contribution < -0.4 is 15.0 Å². The Morgan fingerprint density at radius 3 is 2.62 bits per heavy atom. The molecule has 1 aromatic rings. The molecule has 2 atom stereocenters. The summed E-state index contributed by atoms with van der Waals surface area (Å²) < 4.78 is 11.4. The van der Waals surface area contributed by atoms with Crippen LogP contribution in [0.1, 0.15) is 70.3 Å². The monoisotopic (exact) mass is 516 g/mol. The van der Waals surface area contributed by atoms with E-state index in [1.54, 1.807) is 22.8 Å². The van der Waals surface area contributed by atoms with Gasteiger partial charge in [0.05, 0.1) is 5.69 Å². The number of benzene rings is 1. The molecule has 4 amide bonds. The molecule has 0 radical (unpaired) electrons. The van der Waals surface area contributed by atoms with E-state index in [1.807, 2.05) is 45.6 Å². The van der Waals surface area contributed by atoms with E-state index in [0.29, 0.717) is 49.5 Å². The number of nitrogens with one attached hydrogen (secondary N) is 1. The largest absolute Gasteiger partial charge is 0.479 e. The van der Waals surface area contributed by atoms with Gasteiger partial charge in [0.1, 0.15) is 11.4 Å². The van der Waals surface area contributed by atoms with Crippen molar-refractivity contribution in [3.8, 4) is 5.75 Å². The lowest BCUT2D eigenvalue weighted by atomic mass is 9.98. The van der Waals surface area contributed by atoms with Gasteiger partial charge in [-0.2, -0.15) is 0 Å². The maximum Gasteiger partial charge on any atom is 0.410 e. The maximum absolute atomic E-state index is 13.9. The lowest BCUT2D eigenvalue weighted by Gasteiger charge is -2.40. The predicted octanol–water partition coefficient (Wildman–Crippen LogP) is 2.97. The van der Waals surface area contributed by atoms with Crippen LogP contribution in [0.3, 0.4) is 0 Å². The Morgan fingerprint density at radius 1 is 1.27 bits per heavy atom. The minimum atomic E-state index is -0.664. The molecule has 1 N–H and O–H groups in total. The van der Waals surface area contributed by atoms with E-state index in [1.165, 1.54) is 0 Å². The zero-order chi connectivity index (χ0) is 27.3. The van der Waals surface area contributed by atoms with Crippen molar-refractivity contribution in [3.63, 3.8) is 0 Å². The van der Waals surface area contributed by atoms with Crippen molar-refractivity contribution in [2.45, 2.75) is 78.6 Å². The lowest BCUT2D eigenvalue weighted by Crippen LogP contribution is -2.52. The Bertz CT molecular complexity index is 1020. The third-order valence-corrected chi connectivity index (χ3v) is 6.66. The highest BCUT2D eigenvalue weighted by Crippen LogP contribution is 2.37. The van der Waals surface area contributed by atoms with E-state index in [4.69, 9.17) is 9.47 Å². The quantitative estimate of drug-likeness (QED) is 0.420. The first-order valence-electron chi connectivity index (χ1n) is 13.1. The Labute approximate surface area is 219 Å². The molecule has 0 aromatic heterocycles. The first kappa shape index (κ1) is 28.3. The number of likely N-dealkylation sites (tertiary alicyclic amines) is 1. The molecule has 10 nitrogen and oxygen atoms in total. The van der Waals surface area contributed by atoms with Crippen molar-refractivity contribution in [2.75, 3.05) is 37.6 Å². The van der Waals surface area contributed by atoms with Crippen LogP contribution in [0.4, 0.5) is 10.5 Å². The van der Waals surface area contributed by atoms with E-state index in [2.05, 4.69) is 5.32 Å². The van der Waals surface area contributed by atoms with E-state index in [-0.39, 0.29) is 37.0 Å². The molecule has 204 valence electrons. The molecule has 1 aromatic carbocycles. The second kappa shape index (κ2) is 11.8. The van der Waals surface area contributed by atoms with Crippen LogP contribution in [0.25, 0.3) is 0 Å². The number of piperidine rings is 1. The van der Waals surface area contributed by atoms with Crippen molar-refractivity contribution in [2.24, 2.45) is 0 Å². The molecular formula is C27H40N4O6. The smallest absolute Gasteiger partial charge is 0.410 e. The second-order valence-corrected chi connectivity index (χ2v) is 10.5. The zero-order valence-corrected chi connectivity index (χ0v) is 22.8. The number of carbonyl (C=O) groups is 4. The summed E-state index contributed by atoms with van der Waals surface area (Å²) in [6, 6.07) is 3.43. The first-order chi connectivity index (χ1) is 17.5. The third-order valence-electron chi connectivity index (χ3n) is 6.66. The molecule has 0 aliphatic carbocycles. The van der Waals surface area contributed by atoms with Gasteiger partial charge in [-0.15, -0.1) is 0 Å². The summed E-state index contributed by atoms with van der Waals surface area (Å²) >= 11 is 0.